The van der Waals surface area contributed by atoms with Crippen molar-refractivity contribution in [2.75, 3.05) is 25.6 Å². The molecule has 1 atom stereocenters. The summed E-state index contributed by atoms with van der Waals surface area (Å²) in [6.45, 7) is 2.77. The molecule has 0 aliphatic carbocycles. The van der Waals surface area contributed by atoms with E-state index in [4.69, 9.17) is 16.3 Å². The number of carbonyl (C=O) groups is 3. The fraction of sp³-hybridized carbons (Fsp3) is 0.348. The Labute approximate surface area is 197 Å². The molecule has 4 amide bonds. The summed E-state index contributed by atoms with van der Waals surface area (Å²) < 4.78 is 10.2. The van der Waals surface area contributed by atoms with Gasteiger partial charge in [0.1, 0.15) is 5.75 Å². The van der Waals surface area contributed by atoms with Crippen LogP contribution in [0.5, 0.6) is 5.75 Å². The normalized spacial score (nSPS) is 15.8. The van der Waals surface area contributed by atoms with Crippen molar-refractivity contribution in [1.29, 1.82) is 0 Å². The molecule has 1 heterocycles. The maximum absolute atomic E-state index is 13.2. The number of urea groups is 2. The summed E-state index contributed by atoms with van der Waals surface area (Å²) >= 11 is 5.98. The number of nitrogens with zero attached hydrogens (tertiary/aromatic N) is 2. The lowest BCUT2D eigenvalue weighted by Crippen LogP contribution is -2.67. The number of carbonyl (C=O) groups excluding carboxylic acids is 3. The molecular formula is C23H27ClN4O5. The Kier molecular flexibility index (Phi) is 8.37. The van der Waals surface area contributed by atoms with Crippen molar-refractivity contribution in [3.05, 3.63) is 59.1 Å². The number of benzene rings is 2. The zero-order valence-electron chi connectivity index (χ0n) is 18.5. The van der Waals surface area contributed by atoms with E-state index in [2.05, 4.69) is 15.4 Å². The number of hydrogen-bond donors (Lipinski definition) is 2. The van der Waals surface area contributed by atoms with Crippen molar-refractivity contribution in [2.45, 2.75) is 32.6 Å². The smallest absolute Gasteiger partial charge is 0.331 e. The van der Waals surface area contributed by atoms with E-state index in [1.165, 1.54) is 12.0 Å². The molecule has 0 saturated carbocycles. The summed E-state index contributed by atoms with van der Waals surface area (Å²) in [6.07, 6.45) is 0.00174. The first-order chi connectivity index (χ1) is 15.9. The van der Waals surface area contributed by atoms with Crippen molar-refractivity contribution in [2.24, 2.45) is 0 Å². The zero-order chi connectivity index (χ0) is 23.8. The zero-order valence-corrected chi connectivity index (χ0v) is 19.3. The van der Waals surface area contributed by atoms with Gasteiger partial charge in [-0.1, -0.05) is 30.7 Å². The minimum absolute atomic E-state index is 0.0926. The molecule has 10 heteroatoms. The molecule has 33 heavy (non-hydrogen) atoms. The molecule has 1 fully saturated rings. The minimum Gasteiger partial charge on any atom is -0.494 e. The molecule has 0 bridgehead atoms. The number of ether oxygens (including phenoxy) is 2. The Hall–Kier alpha value is -3.46. The van der Waals surface area contributed by atoms with E-state index in [0.29, 0.717) is 17.3 Å². The number of nitrogens with one attached hydrogen (secondary N) is 2. The van der Waals surface area contributed by atoms with Gasteiger partial charge in [0.05, 0.1) is 26.7 Å². The summed E-state index contributed by atoms with van der Waals surface area (Å²) in [5.74, 6) is 0.226. The fourth-order valence-electron chi connectivity index (χ4n) is 3.21. The molecule has 9 nitrogen and oxygen atoms in total. The standard InChI is InChI=1S/C23H27ClN4O5/c1-3-14-33-19-10-8-18(9-11-19)25-21-26-22(30)27(13-12-20(29)32-2)23(31)28(21)15-16-4-6-17(24)7-5-16/h4-11,21,25H,3,12-15H2,1-2H3,(H,26,30). The second-order valence-electron chi connectivity index (χ2n) is 7.38. The van der Waals surface area contributed by atoms with Crippen LogP contribution in [0.15, 0.2) is 48.5 Å². The van der Waals surface area contributed by atoms with Crippen LogP contribution in [0.2, 0.25) is 5.02 Å². The number of anilines is 1. The number of esters is 1. The number of imide groups is 1. The largest absolute Gasteiger partial charge is 0.494 e. The highest BCUT2D eigenvalue weighted by Gasteiger charge is 2.38. The van der Waals surface area contributed by atoms with Crippen LogP contribution in [0.3, 0.4) is 0 Å². The molecule has 0 radical (unpaired) electrons. The Balaban J connectivity index is 1.78. The average molecular weight is 475 g/mol. The van der Waals surface area contributed by atoms with Gasteiger partial charge in [-0.15, -0.1) is 0 Å². The predicted molar refractivity (Wildman–Crippen MR) is 124 cm³/mol. The van der Waals surface area contributed by atoms with E-state index >= 15 is 0 Å². The van der Waals surface area contributed by atoms with Crippen molar-refractivity contribution >= 4 is 35.3 Å². The van der Waals surface area contributed by atoms with Crippen LogP contribution in [0.4, 0.5) is 15.3 Å². The van der Waals surface area contributed by atoms with Crippen molar-refractivity contribution in [3.63, 3.8) is 0 Å². The molecule has 1 saturated heterocycles. The second-order valence-corrected chi connectivity index (χ2v) is 7.82. The van der Waals surface area contributed by atoms with Crippen LogP contribution < -0.4 is 15.4 Å². The van der Waals surface area contributed by atoms with Gasteiger partial charge in [-0.05, 0) is 48.4 Å². The summed E-state index contributed by atoms with van der Waals surface area (Å²) in [5, 5.41) is 6.55. The van der Waals surface area contributed by atoms with E-state index in [-0.39, 0.29) is 19.5 Å². The lowest BCUT2D eigenvalue weighted by Gasteiger charge is -2.41. The molecule has 2 aromatic carbocycles. The van der Waals surface area contributed by atoms with E-state index in [9.17, 15) is 14.4 Å². The summed E-state index contributed by atoms with van der Waals surface area (Å²) in [5.41, 5.74) is 1.52. The quantitative estimate of drug-likeness (QED) is 0.504. The topological polar surface area (TPSA) is 100 Å². The van der Waals surface area contributed by atoms with Crippen molar-refractivity contribution in [3.8, 4) is 5.75 Å². The SMILES string of the molecule is CCCOc1ccc(NC2NC(=O)N(CCC(=O)OC)C(=O)N2Cc2ccc(Cl)cc2)cc1. The minimum atomic E-state index is -0.808. The molecule has 1 aliphatic rings. The first kappa shape index (κ1) is 24.2. The van der Waals surface area contributed by atoms with Gasteiger partial charge < -0.3 is 14.8 Å². The van der Waals surface area contributed by atoms with Crippen LogP contribution in [0, 0.1) is 0 Å². The van der Waals surface area contributed by atoms with Crippen molar-refractivity contribution < 1.29 is 23.9 Å². The third-order valence-corrected chi connectivity index (χ3v) is 5.21. The van der Waals surface area contributed by atoms with Gasteiger partial charge in [0.25, 0.3) is 0 Å². The Morgan fingerprint density at radius 1 is 1.12 bits per heavy atom. The number of methoxy groups -OCH3 is 1. The summed E-state index contributed by atoms with van der Waals surface area (Å²) in [6, 6.07) is 13.2. The van der Waals surface area contributed by atoms with Gasteiger partial charge >= 0.3 is 18.0 Å². The van der Waals surface area contributed by atoms with E-state index < -0.39 is 24.3 Å². The molecule has 176 valence electrons. The van der Waals surface area contributed by atoms with Crippen LogP contribution in [0.1, 0.15) is 25.3 Å². The molecule has 1 aliphatic heterocycles. The van der Waals surface area contributed by atoms with Gasteiger partial charge in [0, 0.05) is 17.3 Å². The van der Waals surface area contributed by atoms with Gasteiger partial charge in [-0.2, -0.15) is 0 Å². The van der Waals surface area contributed by atoms with Crippen LogP contribution in [-0.2, 0) is 16.1 Å². The summed E-state index contributed by atoms with van der Waals surface area (Å²) in [4.78, 5) is 39.9. The monoisotopic (exact) mass is 474 g/mol. The van der Waals surface area contributed by atoms with Gasteiger partial charge in [-0.3, -0.25) is 15.0 Å². The fourth-order valence-corrected chi connectivity index (χ4v) is 3.34. The van der Waals surface area contributed by atoms with Crippen molar-refractivity contribution in [1.82, 2.24) is 15.1 Å². The third kappa shape index (κ3) is 6.52. The molecule has 2 N–H and O–H groups in total. The maximum atomic E-state index is 13.2. The van der Waals surface area contributed by atoms with Gasteiger partial charge in [0.2, 0.25) is 0 Å². The molecule has 3 rings (SSSR count). The second kappa shape index (κ2) is 11.4. The Bertz CT molecular complexity index is 968. The number of halogens is 1. The van der Waals surface area contributed by atoms with E-state index in [1.54, 1.807) is 12.1 Å². The number of rotatable bonds is 10. The molecule has 0 spiro atoms. The molecule has 0 aromatic heterocycles. The van der Waals surface area contributed by atoms with E-state index in [1.807, 2.05) is 43.3 Å². The van der Waals surface area contributed by atoms with Crippen LogP contribution in [-0.4, -0.2) is 54.4 Å². The summed E-state index contributed by atoms with van der Waals surface area (Å²) in [7, 11) is 1.26. The van der Waals surface area contributed by atoms with Crippen LogP contribution >= 0.6 is 11.6 Å². The Morgan fingerprint density at radius 2 is 1.82 bits per heavy atom. The average Bonchev–Trinajstić information content (AvgIpc) is 2.82. The number of amides is 4. The molecule has 2 aromatic rings. The maximum Gasteiger partial charge on any atom is 0.331 e. The predicted octanol–water partition coefficient (Wildman–Crippen LogP) is 4.03. The van der Waals surface area contributed by atoms with Gasteiger partial charge in [-0.25, -0.2) is 14.5 Å². The number of hydrogen-bond acceptors (Lipinski definition) is 6. The molecule has 1 unspecified atom stereocenters. The first-order valence-corrected chi connectivity index (χ1v) is 11.0. The third-order valence-electron chi connectivity index (χ3n) is 4.96. The van der Waals surface area contributed by atoms with Gasteiger partial charge in [0.15, 0.2) is 6.29 Å². The lowest BCUT2D eigenvalue weighted by molar-refractivity contribution is -0.140. The molecular weight excluding hydrogens is 448 g/mol. The lowest BCUT2D eigenvalue weighted by atomic mass is 10.2. The highest BCUT2D eigenvalue weighted by atomic mass is 35.5. The van der Waals surface area contributed by atoms with Crippen LogP contribution in [0.25, 0.3) is 0 Å². The van der Waals surface area contributed by atoms with E-state index in [0.717, 1.165) is 22.6 Å². The highest BCUT2D eigenvalue weighted by molar-refractivity contribution is 6.30. The highest BCUT2D eigenvalue weighted by Crippen LogP contribution is 2.21. The Morgan fingerprint density at radius 3 is 2.45 bits per heavy atom. The first-order valence-electron chi connectivity index (χ1n) is 10.6.